The third-order valence-electron chi connectivity index (χ3n) is 3.71. The van der Waals surface area contributed by atoms with Crippen molar-refractivity contribution in [1.82, 2.24) is 10.2 Å². The van der Waals surface area contributed by atoms with Gasteiger partial charge in [0, 0.05) is 16.6 Å². The van der Waals surface area contributed by atoms with Gasteiger partial charge < -0.3 is 0 Å². The van der Waals surface area contributed by atoms with Gasteiger partial charge in [0.1, 0.15) is 0 Å². The van der Waals surface area contributed by atoms with Crippen LogP contribution < -0.4 is 5.32 Å². The van der Waals surface area contributed by atoms with Gasteiger partial charge in [0.2, 0.25) is 0 Å². The van der Waals surface area contributed by atoms with Gasteiger partial charge in [0.05, 0.1) is 6.17 Å². The summed E-state index contributed by atoms with van der Waals surface area (Å²) >= 11 is 6.31. The van der Waals surface area contributed by atoms with Gasteiger partial charge >= 0.3 is 0 Å². The fourth-order valence-electron chi connectivity index (χ4n) is 2.71. The number of nitrogens with one attached hydrogen (secondary N) is 1. The van der Waals surface area contributed by atoms with E-state index in [2.05, 4.69) is 36.4 Å². The predicted molar refractivity (Wildman–Crippen MR) is 77.9 cm³/mol. The highest BCUT2D eigenvalue weighted by molar-refractivity contribution is 6.31. The maximum absolute atomic E-state index is 6.31. The fourth-order valence-corrected chi connectivity index (χ4v) is 2.95. The lowest BCUT2D eigenvalue weighted by Gasteiger charge is -2.33. The zero-order chi connectivity index (χ0) is 13.0. The van der Waals surface area contributed by atoms with E-state index in [9.17, 15) is 0 Å². The first-order valence-electron chi connectivity index (χ1n) is 6.85. The molecule has 3 heteroatoms. The molecule has 1 saturated carbocycles. The molecule has 0 amide bonds. The highest BCUT2D eigenvalue weighted by Crippen LogP contribution is 2.27. The van der Waals surface area contributed by atoms with E-state index < -0.39 is 0 Å². The lowest BCUT2D eigenvalue weighted by atomic mass is 9.95. The molecule has 0 radical (unpaired) electrons. The lowest BCUT2D eigenvalue weighted by Crippen LogP contribution is -2.41. The molecule has 1 aromatic carbocycles. The first-order chi connectivity index (χ1) is 8.68. The van der Waals surface area contributed by atoms with E-state index >= 15 is 0 Å². The summed E-state index contributed by atoms with van der Waals surface area (Å²) in [5.41, 5.74) is 1.18. The Hall–Kier alpha value is -0.570. The van der Waals surface area contributed by atoms with Crippen LogP contribution in [0.15, 0.2) is 24.3 Å². The van der Waals surface area contributed by atoms with Crippen LogP contribution in [-0.2, 0) is 0 Å². The van der Waals surface area contributed by atoms with Crippen LogP contribution in [0.1, 0.15) is 43.8 Å². The molecule has 1 aliphatic rings. The summed E-state index contributed by atoms with van der Waals surface area (Å²) in [6.07, 6.45) is 6.86. The summed E-state index contributed by atoms with van der Waals surface area (Å²) in [5, 5.41) is 4.60. The maximum atomic E-state index is 6.31. The van der Waals surface area contributed by atoms with Crippen LogP contribution in [0.5, 0.6) is 0 Å². The Labute approximate surface area is 115 Å². The third kappa shape index (κ3) is 3.47. The average Bonchev–Trinajstić information content (AvgIpc) is 2.38. The maximum Gasteiger partial charge on any atom is 0.0872 e. The van der Waals surface area contributed by atoms with E-state index in [0.717, 1.165) is 5.02 Å². The Kier molecular flexibility index (Phi) is 5.04. The highest BCUT2D eigenvalue weighted by atomic mass is 35.5. The molecule has 1 fully saturated rings. The van der Waals surface area contributed by atoms with Crippen molar-refractivity contribution in [3.63, 3.8) is 0 Å². The second kappa shape index (κ2) is 6.55. The van der Waals surface area contributed by atoms with E-state index in [1.54, 1.807) is 0 Å². The van der Waals surface area contributed by atoms with Crippen molar-refractivity contribution in [3.8, 4) is 0 Å². The molecular weight excluding hydrogens is 244 g/mol. The molecule has 0 heterocycles. The van der Waals surface area contributed by atoms with Gasteiger partial charge in [0.15, 0.2) is 0 Å². The van der Waals surface area contributed by atoms with Gasteiger partial charge in [-0.3, -0.25) is 10.2 Å². The average molecular weight is 267 g/mol. The second-order valence-electron chi connectivity index (χ2n) is 5.39. The van der Waals surface area contributed by atoms with Crippen LogP contribution in [0.2, 0.25) is 5.02 Å². The molecule has 1 aliphatic carbocycles. The SMILES string of the molecule is CN(C)C(NC1CCCCC1)c1ccccc1Cl. The van der Waals surface area contributed by atoms with E-state index in [-0.39, 0.29) is 6.17 Å². The number of rotatable bonds is 4. The number of halogens is 1. The zero-order valence-electron chi connectivity index (χ0n) is 11.3. The van der Waals surface area contributed by atoms with E-state index in [0.29, 0.717) is 6.04 Å². The molecule has 1 aromatic rings. The topological polar surface area (TPSA) is 15.3 Å². The molecule has 1 atom stereocenters. The molecule has 0 aliphatic heterocycles. The Morgan fingerprint density at radius 1 is 1.17 bits per heavy atom. The monoisotopic (exact) mass is 266 g/mol. The summed E-state index contributed by atoms with van der Waals surface area (Å²) in [6.45, 7) is 0. The van der Waals surface area contributed by atoms with Gasteiger partial charge in [-0.15, -0.1) is 0 Å². The van der Waals surface area contributed by atoms with Crippen molar-refractivity contribution in [1.29, 1.82) is 0 Å². The summed E-state index contributed by atoms with van der Waals surface area (Å²) < 4.78 is 0. The van der Waals surface area contributed by atoms with Crippen molar-refractivity contribution in [2.75, 3.05) is 14.1 Å². The lowest BCUT2D eigenvalue weighted by molar-refractivity contribution is 0.207. The van der Waals surface area contributed by atoms with Gasteiger partial charge in [-0.1, -0.05) is 49.1 Å². The Morgan fingerprint density at radius 2 is 1.83 bits per heavy atom. The number of nitrogens with zero attached hydrogens (tertiary/aromatic N) is 1. The summed E-state index contributed by atoms with van der Waals surface area (Å²) in [6, 6.07) is 8.75. The summed E-state index contributed by atoms with van der Waals surface area (Å²) in [7, 11) is 4.20. The molecule has 0 bridgehead atoms. The first kappa shape index (κ1) is 13.9. The van der Waals surface area contributed by atoms with Crippen molar-refractivity contribution in [3.05, 3.63) is 34.9 Å². The van der Waals surface area contributed by atoms with E-state index in [4.69, 9.17) is 11.6 Å². The number of hydrogen-bond donors (Lipinski definition) is 1. The third-order valence-corrected chi connectivity index (χ3v) is 4.06. The molecule has 0 spiro atoms. The molecule has 100 valence electrons. The van der Waals surface area contributed by atoms with Crippen molar-refractivity contribution < 1.29 is 0 Å². The molecule has 0 saturated heterocycles. The van der Waals surface area contributed by atoms with Crippen LogP contribution in [0, 0.1) is 0 Å². The predicted octanol–water partition coefficient (Wildman–Crippen LogP) is 3.82. The number of hydrogen-bond acceptors (Lipinski definition) is 2. The Balaban J connectivity index is 2.10. The Bertz CT molecular complexity index is 373. The van der Waals surface area contributed by atoms with Gasteiger partial charge in [-0.05, 0) is 33.0 Å². The molecule has 2 rings (SSSR count). The molecule has 18 heavy (non-hydrogen) atoms. The molecule has 0 aromatic heterocycles. The zero-order valence-corrected chi connectivity index (χ0v) is 12.1. The smallest absolute Gasteiger partial charge is 0.0872 e. The van der Waals surface area contributed by atoms with Crippen molar-refractivity contribution in [2.24, 2.45) is 0 Å². The summed E-state index contributed by atoms with van der Waals surface area (Å²) in [5.74, 6) is 0. The molecule has 2 nitrogen and oxygen atoms in total. The highest BCUT2D eigenvalue weighted by Gasteiger charge is 2.21. The van der Waals surface area contributed by atoms with Gasteiger partial charge in [0.25, 0.3) is 0 Å². The van der Waals surface area contributed by atoms with E-state index in [1.165, 1.54) is 37.7 Å². The Morgan fingerprint density at radius 3 is 2.44 bits per heavy atom. The minimum atomic E-state index is 0.210. The summed E-state index contributed by atoms with van der Waals surface area (Å²) in [4.78, 5) is 2.20. The normalized spacial score (nSPS) is 19.1. The van der Waals surface area contributed by atoms with Crippen LogP contribution in [0.25, 0.3) is 0 Å². The van der Waals surface area contributed by atoms with Crippen LogP contribution in [0.4, 0.5) is 0 Å². The van der Waals surface area contributed by atoms with Crippen LogP contribution >= 0.6 is 11.6 Å². The number of benzene rings is 1. The van der Waals surface area contributed by atoms with E-state index in [1.807, 2.05) is 12.1 Å². The second-order valence-corrected chi connectivity index (χ2v) is 5.80. The standard InChI is InChI=1S/C15H23ClN2/c1-18(2)15(13-10-6-7-11-14(13)16)17-12-8-4-3-5-9-12/h6-7,10-12,15,17H,3-5,8-9H2,1-2H3. The van der Waals surface area contributed by atoms with Gasteiger partial charge in [-0.2, -0.15) is 0 Å². The fraction of sp³-hybridized carbons (Fsp3) is 0.600. The molecule has 1 unspecified atom stereocenters. The van der Waals surface area contributed by atoms with Crippen molar-refractivity contribution >= 4 is 11.6 Å². The van der Waals surface area contributed by atoms with Crippen LogP contribution in [-0.4, -0.2) is 25.0 Å². The largest absolute Gasteiger partial charge is 0.295 e. The molecular formula is C15H23ClN2. The minimum absolute atomic E-state index is 0.210. The van der Waals surface area contributed by atoms with Crippen LogP contribution in [0.3, 0.4) is 0 Å². The first-order valence-corrected chi connectivity index (χ1v) is 7.23. The van der Waals surface area contributed by atoms with Crippen molar-refractivity contribution in [2.45, 2.75) is 44.3 Å². The van der Waals surface area contributed by atoms with Gasteiger partial charge in [-0.25, -0.2) is 0 Å². The quantitative estimate of drug-likeness (QED) is 0.834. The molecule has 1 N–H and O–H groups in total. The minimum Gasteiger partial charge on any atom is -0.295 e.